The molecule has 0 aliphatic heterocycles. The van der Waals surface area contributed by atoms with Gasteiger partial charge in [0.15, 0.2) is 0 Å². The monoisotopic (exact) mass is 148 g/mol. The summed E-state index contributed by atoms with van der Waals surface area (Å²) in [6.07, 6.45) is 1.15. The van der Waals surface area contributed by atoms with E-state index >= 15 is 0 Å². The summed E-state index contributed by atoms with van der Waals surface area (Å²) < 4.78 is 0. The van der Waals surface area contributed by atoms with E-state index in [2.05, 4.69) is 5.32 Å². The molecular formula is C6H16N2S. The molecule has 0 fully saturated rings. The predicted molar refractivity (Wildman–Crippen MR) is 44.9 cm³/mol. The Kier molecular flexibility index (Phi) is 8.52. The van der Waals surface area contributed by atoms with E-state index in [-0.39, 0.29) is 0 Å². The van der Waals surface area contributed by atoms with Gasteiger partial charge in [0.05, 0.1) is 0 Å². The van der Waals surface area contributed by atoms with Gasteiger partial charge in [0.2, 0.25) is 0 Å². The quantitative estimate of drug-likeness (QED) is 0.532. The van der Waals surface area contributed by atoms with E-state index in [1.54, 1.807) is 0 Å². The van der Waals surface area contributed by atoms with Crippen LogP contribution in [0.4, 0.5) is 0 Å². The van der Waals surface area contributed by atoms with Crippen molar-refractivity contribution < 1.29 is 0 Å². The maximum absolute atomic E-state index is 5.31. The molecule has 0 aromatic rings. The first kappa shape index (κ1) is 9.27. The van der Waals surface area contributed by atoms with Crippen molar-refractivity contribution in [3.8, 4) is 0 Å². The first-order valence-corrected chi connectivity index (χ1v) is 4.49. The third kappa shape index (κ3) is 8.27. The maximum Gasteiger partial charge on any atom is 0.00579 e. The zero-order chi connectivity index (χ0) is 6.95. The summed E-state index contributed by atoms with van der Waals surface area (Å²) in [6, 6.07) is 0. The lowest BCUT2D eigenvalue weighted by molar-refractivity contribution is 0.869. The number of rotatable bonds is 6. The Balaban J connectivity index is 2.60. The van der Waals surface area contributed by atoms with Crippen LogP contribution in [-0.4, -0.2) is 31.6 Å². The first-order chi connectivity index (χ1) is 4.41. The van der Waals surface area contributed by atoms with Crippen LogP contribution in [0.2, 0.25) is 0 Å². The van der Waals surface area contributed by atoms with Gasteiger partial charge in [-0.05, 0) is 25.8 Å². The molecule has 56 valence electrons. The summed E-state index contributed by atoms with van der Waals surface area (Å²) >= 11 is 1.96. The zero-order valence-electron chi connectivity index (χ0n) is 6.02. The van der Waals surface area contributed by atoms with E-state index in [4.69, 9.17) is 5.73 Å². The average molecular weight is 148 g/mol. The topological polar surface area (TPSA) is 38.0 Å². The Bertz CT molecular complexity index is 44.3. The minimum atomic E-state index is 0.826. The lowest BCUT2D eigenvalue weighted by Gasteiger charge is -1.97. The SMILES string of the molecule is CNCCSCCCN. The molecule has 3 heteroatoms. The van der Waals surface area contributed by atoms with E-state index < -0.39 is 0 Å². The van der Waals surface area contributed by atoms with Crippen LogP contribution in [0, 0.1) is 0 Å². The molecule has 0 saturated carbocycles. The van der Waals surface area contributed by atoms with E-state index in [1.165, 1.54) is 11.5 Å². The minimum Gasteiger partial charge on any atom is -0.330 e. The third-order valence-electron chi connectivity index (χ3n) is 0.989. The fraction of sp³-hybridized carbons (Fsp3) is 1.00. The highest BCUT2D eigenvalue weighted by Gasteiger charge is 1.85. The van der Waals surface area contributed by atoms with E-state index in [0.717, 1.165) is 19.5 Å². The summed E-state index contributed by atoms with van der Waals surface area (Å²) in [7, 11) is 1.98. The van der Waals surface area contributed by atoms with Crippen molar-refractivity contribution in [2.24, 2.45) is 5.73 Å². The lowest BCUT2D eigenvalue weighted by Crippen LogP contribution is -2.10. The van der Waals surface area contributed by atoms with Gasteiger partial charge in [0, 0.05) is 12.3 Å². The zero-order valence-corrected chi connectivity index (χ0v) is 6.84. The van der Waals surface area contributed by atoms with Crippen LogP contribution < -0.4 is 11.1 Å². The van der Waals surface area contributed by atoms with Gasteiger partial charge in [-0.25, -0.2) is 0 Å². The molecule has 0 spiro atoms. The summed E-state index contributed by atoms with van der Waals surface area (Å²) in [4.78, 5) is 0. The maximum atomic E-state index is 5.31. The second-order valence-electron chi connectivity index (χ2n) is 1.86. The van der Waals surface area contributed by atoms with Crippen molar-refractivity contribution in [1.29, 1.82) is 0 Å². The summed E-state index contributed by atoms with van der Waals surface area (Å²) in [6.45, 7) is 1.93. The van der Waals surface area contributed by atoms with Crippen LogP contribution in [0.15, 0.2) is 0 Å². The number of nitrogens with two attached hydrogens (primary N) is 1. The molecule has 0 aliphatic rings. The molecule has 0 atom stereocenters. The van der Waals surface area contributed by atoms with Gasteiger partial charge in [0.1, 0.15) is 0 Å². The summed E-state index contributed by atoms with van der Waals surface area (Å²) in [5.41, 5.74) is 5.31. The van der Waals surface area contributed by atoms with Crippen molar-refractivity contribution >= 4 is 11.8 Å². The highest BCUT2D eigenvalue weighted by atomic mass is 32.2. The van der Waals surface area contributed by atoms with Gasteiger partial charge >= 0.3 is 0 Å². The van der Waals surface area contributed by atoms with Crippen LogP contribution in [-0.2, 0) is 0 Å². The van der Waals surface area contributed by atoms with Crippen LogP contribution in [0.25, 0.3) is 0 Å². The molecule has 0 bridgehead atoms. The van der Waals surface area contributed by atoms with Crippen molar-refractivity contribution in [3.05, 3.63) is 0 Å². The Morgan fingerprint density at radius 2 is 2.22 bits per heavy atom. The molecule has 2 nitrogen and oxygen atoms in total. The molecule has 0 heterocycles. The molecule has 0 aromatic heterocycles. The molecule has 0 radical (unpaired) electrons. The van der Waals surface area contributed by atoms with Gasteiger partial charge in [-0.15, -0.1) is 0 Å². The number of nitrogens with one attached hydrogen (secondary N) is 1. The van der Waals surface area contributed by atoms with Crippen molar-refractivity contribution in [1.82, 2.24) is 5.32 Å². The molecule has 0 unspecified atom stereocenters. The van der Waals surface area contributed by atoms with Gasteiger partial charge in [0.25, 0.3) is 0 Å². The summed E-state index contributed by atoms with van der Waals surface area (Å²) in [5, 5.41) is 3.09. The Morgan fingerprint density at radius 3 is 2.78 bits per heavy atom. The molecule has 9 heavy (non-hydrogen) atoms. The number of hydrogen-bond donors (Lipinski definition) is 2. The highest BCUT2D eigenvalue weighted by Crippen LogP contribution is 1.98. The van der Waals surface area contributed by atoms with E-state index in [1.807, 2.05) is 18.8 Å². The molecule has 0 rings (SSSR count). The summed E-state index contributed by atoms with van der Waals surface area (Å²) in [5.74, 6) is 2.41. The fourth-order valence-electron chi connectivity index (χ4n) is 0.462. The second kappa shape index (κ2) is 8.27. The van der Waals surface area contributed by atoms with Gasteiger partial charge in [-0.1, -0.05) is 0 Å². The molecule has 3 N–H and O–H groups in total. The third-order valence-corrected chi connectivity index (χ3v) is 2.06. The van der Waals surface area contributed by atoms with E-state index in [9.17, 15) is 0 Å². The first-order valence-electron chi connectivity index (χ1n) is 3.34. The van der Waals surface area contributed by atoms with E-state index in [0.29, 0.717) is 0 Å². The molecule has 0 aromatic carbocycles. The lowest BCUT2D eigenvalue weighted by atomic mass is 10.5. The van der Waals surface area contributed by atoms with Crippen molar-refractivity contribution in [2.75, 3.05) is 31.6 Å². The van der Waals surface area contributed by atoms with Crippen molar-refractivity contribution in [2.45, 2.75) is 6.42 Å². The Morgan fingerprint density at radius 1 is 1.44 bits per heavy atom. The Labute approximate surface area is 61.6 Å². The predicted octanol–water partition coefficient (Wildman–Crippen LogP) is 0.288. The second-order valence-corrected chi connectivity index (χ2v) is 3.08. The Hall–Kier alpha value is 0.270. The van der Waals surface area contributed by atoms with Gasteiger partial charge in [-0.2, -0.15) is 11.8 Å². The number of thioether (sulfide) groups is 1. The normalized spacial score (nSPS) is 10.0. The molecule has 0 saturated heterocycles. The largest absolute Gasteiger partial charge is 0.330 e. The molecule has 0 aliphatic carbocycles. The standard InChI is InChI=1S/C6H16N2S/c1-8-4-6-9-5-2-3-7/h8H,2-7H2,1H3. The minimum absolute atomic E-state index is 0.826. The van der Waals surface area contributed by atoms with Crippen LogP contribution in [0.1, 0.15) is 6.42 Å². The highest BCUT2D eigenvalue weighted by molar-refractivity contribution is 7.99. The number of hydrogen-bond acceptors (Lipinski definition) is 3. The van der Waals surface area contributed by atoms with Gasteiger partial charge < -0.3 is 11.1 Å². The smallest absolute Gasteiger partial charge is 0.00579 e. The van der Waals surface area contributed by atoms with Crippen LogP contribution >= 0.6 is 11.8 Å². The van der Waals surface area contributed by atoms with Gasteiger partial charge in [-0.3, -0.25) is 0 Å². The molecule has 0 amide bonds. The average Bonchev–Trinajstić information content (AvgIpc) is 1.89. The van der Waals surface area contributed by atoms with Crippen LogP contribution in [0.5, 0.6) is 0 Å². The fourth-order valence-corrected chi connectivity index (χ4v) is 1.39. The molecular weight excluding hydrogens is 132 g/mol. The van der Waals surface area contributed by atoms with Crippen molar-refractivity contribution in [3.63, 3.8) is 0 Å². The van der Waals surface area contributed by atoms with Crippen LogP contribution in [0.3, 0.4) is 0 Å².